The predicted octanol–water partition coefficient (Wildman–Crippen LogP) is -0.550. The lowest BCUT2D eigenvalue weighted by Crippen LogP contribution is -2.55. The molecule has 1 unspecified atom stereocenters. The number of rotatable bonds is 1. The van der Waals surface area contributed by atoms with Crippen molar-refractivity contribution in [2.75, 3.05) is 19.7 Å². The molecule has 4 heterocycles. The molecule has 3 aliphatic heterocycles. The van der Waals surface area contributed by atoms with Crippen molar-refractivity contribution in [3.63, 3.8) is 0 Å². The zero-order chi connectivity index (χ0) is 16.1. The number of carbonyl (C=O) groups excluding carboxylic acids is 2. The van der Waals surface area contributed by atoms with Crippen LogP contribution in [0.5, 0.6) is 0 Å². The molecule has 4 rings (SSSR count). The van der Waals surface area contributed by atoms with E-state index in [1.165, 1.54) is 0 Å². The average Bonchev–Trinajstić information content (AvgIpc) is 2.98. The number of fused-ring (bicyclic) bond motifs is 2. The minimum atomic E-state index is -1.12. The highest BCUT2D eigenvalue weighted by Gasteiger charge is 2.52. The number of imide groups is 1. The van der Waals surface area contributed by atoms with E-state index in [2.05, 4.69) is 15.6 Å². The van der Waals surface area contributed by atoms with Crippen molar-refractivity contribution in [3.05, 3.63) is 17.3 Å². The van der Waals surface area contributed by atoms with Crippen molar-refractivity contribution in [3.8, 4) is 0 Å². The van der Waals surface area contributed by atoms with E-state index in [1.54, 1.807) is 0 Å². The number of carbonyl (C=O) groups is 2. The Kier molecular flexibility index (Phi) is 3.29. The quantitative estimate of drug-likeness (QED) is 0.595. The maximum atomic E-state index is 12.4. The van der Waals surface area contributed by atoms with Crippen LogP contribution in [0.4, 0.5) is 0 Å². The second-order valence-corrected chi connectivity index (χ2v) is 6.53. The van der Waals surface area contributed by atoms with Crippen LogP contribution >= 0.6 is 0 Å². The molecule has 2 saturated heterocycles. The lowest BCUT2D eigenvalue weighted by atomic mass is 9.76. The first-order valence-electron chi connectivity index (χ1n) is 7.89. The first kappa shape index (κ1) is 14.8. The number of amides is 2. The lowest BCUT2D eigenvalue weighted by molar-refractivity contribution is -0.142. The number of nitrogens with zero attached hydrogens (tertiary/aromatic N) is 1. The lowest BCUT2D eigenvalue weighted by Gasteiger charge is -2.36. The second-order valence-electron chi connectivity index (χ2n) is 6.53. The van der Waals surface area contributed by atoms with E-state index in [0.717, 1.165) is 0 Å². The summed E-state index contributed by atoms with van der Waals surface area (Å²) in [6.07, 6.45) is 1.58. The summed E-state index contributed by atoms with van der Waals surface area (Å²) >= 11 is 0. The number of nitrogens with one attached hydrogen (secondary N) is 2. The van der Waals surface area contributed by atoms with Crippen molar-refractivity contribution >= 4 is 11.8 Å². The molecule has 2 amide bonds. The van der Waals surface area contributed by atoms with Crippen molar-refractivity contribution in [1.29, 1.82) is 0 Å². The van der Waals surface area contributed by atoms with Crippen molar-refractivity contribution in [2.24, 2.45) is 0 Å². The van der Waals surface area contributed by atoms with Crippen molar-refractivity contribution < 1.29 is 23.8 Å². The first-order valence-corrected chi connectivity index (χ1v) is 7.89. The molecule has 0 aromatic carbocycles. The minimum absolute atomic E-state index is 0.160. The van der Waals surface area contributed by atoms with Gasteiger partial charge in [0, 0.05) is 6.42 Å². The Bertz CT molecular complexity index is 664. The van der Waals surface area contributed by atoms with Gasteiger partial charge in [-0.25, -0.2) is 4.98 Å². The summed E-state index contributed by atoms with van der Waals surface area (Å²) in [6.45, 7) is 1.77. The number of hydrogen-bond acceptors (Lipinski definition) is 7. The fourth-order valence-electron chi connectivity index (χ4n) is 3.57. The number of aromatic nitrogens is 1. The SMILES string of the molecule is O=C1CCC2(COCc3nc(C4(O)CCNCC4)oc32)C(=O)N1. The molecule has 8 nitrogen and oxygen atoms in total. The molecular weight excluding hydrogens is 302 g/mol. The molecule has 1 spiro atoms. The fraction of sp³-hybridized carbons (Fsp3) is 0.667. The third-order valence-corrected chi connectivity index (χ3v) is 5.01. The van der Waals surface area contributed by atoms with E-state index < -0.39 is 16.9 Å². The van der Waals surface area contributed by atoms with Gasteiger partial charge in [0.25, 0.3) is 0 Å². The van der Waals surface area contributed by atoms with Gasteiger partial charge in [-0.1, -0.05) is 0 Å². The Hall–Kier alpha value is -1.77. The highest BCUT2D eigenvalue weighted by Crippen LogP contribution is 2.41. The third kappa shape index (κ3) is 2.20. The van der Waals surface area contributed by atoms with Gasteiger partial charge in [-0.2, -0.15) is 0 Å². The van der Waals surface area contributed by atoms with Gasteiger partial charge in [0.2, 0.25) is 17.7 Å². The zero-order valence-corrected chi connectivity index (χ0v) is 12.7. The molecular formula is C15H19N3O5. The van der Waals surface area contributed by atoms with Crippen LogP contribution in [0.3, 0.4) is 0 Å². The summed E-state index contributed by atoms with van der Waals surface area (Å²) in [5.41, 5.74) is -1.59. The number of ether oxygens (including phenoxy) is 1. The summed E-state index contributed by atoms with van der Waals surface area (Å²) in [5, 5.41) is 16.3. The highest BCUT2D eigenvalue weighted by molar-refractivity contribution is 6.03. The van der Waals surface area contributed by atoms with Crippen molar-refractivity contribution in [1.82, 2.24) is 15.6 Å². The maximum Gasteiger partial charge on any atom is 0.242 e. The number of aliphatic hydroxyl groups is 1. The standard InChI is InChI=1S/C15H19N3O5/c19-10-1-2-14(12(20)18-10)8-22-7-9-11(14)23-13(17-9)15(21)3-5-16-6-4-15/h16,21H,1-8H2,(H,18,19,20). The van der Waals surface area contributed by atoms with Crippen LogP contribution in [-0.4, -0.2) is 41.6 Å². The Morgan fingerprint density at radius 1 is 1.17 bits per heavy atom. The van der Waals surface area contributed by atoms with E-state index in [1.807, 2.05) is 0 Å². The molecule has 0 saturated carbocycles. The van der Waals surface area contributed by atoms with Gasteiger partial charge in [-0.15, -0.1) is 0 Å². The smallest absolute Gasteiger partial charge is 0.242 e. The van der Waals surface area contributed by atoms with Crippen LogP contribution in [0.2, 0.25) is 0 Å². The third-order valence-electron chi connectivity index (χ3n) is 5.01. The summed E-state index contributed by atoms with van der Waals surface area (Å²) in [5.74, 6) is -0.00606. The van der Waals surface area contributed by atoms with Crippen LogP contribution in [0.1, 0.15) is 43.0 Å². The van der Waals surface area contributed by atoms with Gasteiger partial charge in [-0.3, -0.25) is 14.9 Å². The monoisotopic (exact) mass is 321 g/mol. The van der Waals surface area contributed by atoms with Gasteiger partial charge >= 0.3 is 0 Å². The van der Waals surface area contributed by atoms with E-state index in [0.29, 0.717) is 43.8 Å². The van der Waals surface area contributed by atoms with E-state index in [4.69, 9.17) is 9.15 Å². The van der Waals surface area contributed by atoms with Gasteiger partial charge in [0.1, 0.15) is 22.5 Å². The number of hydrogen-bond donors (Lipinski definition) is 3. The molecule has 8 heteroatoms. The van der Waals surface area contributed by atoms with E-state index >= 15 is 0 Å². The second kappa shape index (κ2) is 5.12. The largest absolute Gasteiger partial charge is 0.441 e. The van der Waals surface area contributed by atoms with Gasteiger partial charge in [-0.05, 0) is 32.4 Å². The highest BCUT2D eigenvalue weighted by atomic mass is 16.5. The summed E-state index contributed by atoms with van der Waals surface area (Å²) in [6, 6.07) is 0. The molecule has 1 aromatic rings. The molecule has 3 aliphatic rings. The summed E-state index contributed by atoms with van der Waals surface area (Å²) in [7, 11) is 0. The Balaban J connectivity index is 1.74. The Morgan fingerprint density at radius 3 is 2.70 bits per heavy atom. The van der Waals surface area contributed by atoms with E-state index in [-0.39, 0.29) is 31.4 Å². The molecule has 124 valence electrons. The Labute approximate surface area is 132 Å². The van der Waals surface area contributed by atoms with Crippen LogP contribution in [0, 0.1) is 0 Å². The zero-order valence-electron chi connectivity index (χ0n) is 12.7. The van der Waals surface area contributed by atoms with Crippen LogP contribution in [0.15, 0.2) is 4.42 Å². The van der Waals surface area contributed by atoms with Crippen molar-refractivity contribution in [2.45, 2.75) is 43.3 Å². The molecule has 3 N–H and O–H groups in total. The molecule has 0 bridgehead atoms. The molecule has 0 aliphatic carbocycles. The van der Waals surface area contributed by atoms with Gasteiger partial charge in [0.15, 0.2) is 0 Å². The molecule has 23 heavy (non-hydrogen) atoms. The average molecular weight is 321 g/mol. The molecule has 2 fully saturated rings. The Morgan fingerprint density at radius 2 is 1.96 bits per heavy atom. The number of oxazole rings is 1. The molecule has 1 atom stereocenters. The van der Waals surface area contributed by atoms with Gasteiger partial charge in [0.05, 0.1) is 13.2 Å². The fourth-order valence-corrected chi connectivity index (χ4v) is 3.57. The topological polar surface area (TPSA) is 114 Å². The number of piperidine rings is 2. The van der Waals surface area contributed by atoms with Crippen LogP contribution < -0.4 is 10.6 Å². The first-order chi connectivity index (χ1) is 11.0. The van der Waals surface area contributed by atoms with E-state index in [9.17, 15) is 14.7 Å². The van der Waals surface area contributed by atoms with Crippen LogP contribution in [-0.2, 0) is 31.9 Å². The predicted molar refractivity (Wildman–Crippen MR) is 76.2 cm³/mol. The summed E-state index contributed by atoms with van der Waals surface area (Å²) in [4.78, 5) is 28.3. The molecule has 1 aromatic heterocycles. The van der Waals surface area contributed by atoms with Gasteiger partial charge < -0.3 is 19.6 Å². The minimum Gasteiger partial charge on any atom is -0.441 e. The van der Waals surface area contributed by atoms with Crippen LogP contribution in [0.25, 0.3) is 0 Å². The maximum absolute atomic E-state index is 12.4. The normalized spacial score (nSPS) is 30.1. The summed E-state index contributed by atoms with van der Waals surface area (Å²) < 4.78 is 11.4. The molecule has 0 radical (unpaired) electrons.